The molecule has 0 heterocycles. The van der Waals surface area contributed by atoms with Crippen LogP contribution >= 0.6 is 0 Å². The summed E-state index contributed by atoms with van der Waals surface area (Å²) in [7, 11) is 0. The average Bonchev–Trinajstić information content (AvgIpc) is 2.34. The lowest BCUT2D eigenvalue weighted by molar-refractivity contribution is -0.131. The van der Waals surface area contributed by atoms with Gasteiger partial charge < -0.3 is 15.4 Å². The number of primary amides is 1. The lowest BCUT2D eigenvalue weighted by Crippen LogP contribution is -2.33. The summed E-state index contributed by atoms with van der Waals surface area (Å²) in [6, 6.07) is 0. The van der Waals surface area contributed by atoms with E-state index in [1.54, 1.807) is 0 Å². The molecular weight excluding hydrogens is 232 g/mol. The number of hydrogen-bond donors (Lipinski definition) is 1. The maximum atomic E-state index is 12.0. The molecule has 0 fully saturated rings. The van der Waals surface area contributed by atoms with Crippen LogP contribution in [0, 0.1) is 0 Å². The molecule has 0 rings (SSSR count). The monoisotopic (exact) mass is 258 g/mol. The van der Waals surface area contributed by atoms with E-state index >= 15 is 0 Å². The van der Waals surface area contributed by atoms with E-state index in [1.807, 2.05) is 4.90 Å². The van der Waals surface area contributed by atoms with Crippen molar-refractivity contribution in [2.24, 2.45) is 5.73 Å². The van der Waals surface area contributed by atoms with Crippen LogP contribution in [0.5, 0.6) is 0 Å². The Morgan fingerprint density at radius 1 is 1.06 bits per heavy atom. The molecule has 0 aromatic carbocycles. The number of ether oxygens (including phenoxy) is 1. The van der Waals surface area contributed by atoms with Gasteiger partial charge in [0.15, 0.2) is 0 Å². The topological polar surface area (TPSA) is 72.6 Å². The number of nitrogens with zero attached hydrogens (tertiary/aromatic N) is 1. The molecule has 0 saturated heterocycles. The van der Waals surface area contributed by atoms with E-state index in [2.05, 4.69) is 18.6 Å². The Labute approximate surface area is 110 Å². The highest BCUT2D eigenvalue weighted by molar-refractivity contribution is 5.76. The van der Waals surface area contributed by atoms with Gasteiger partial charge in [0.1, 0.15) is 0 Å². The van der Waals surface area contributed by atoms with E-state index in [4.69, 9.17) is 5.73 Å². The first-order chi connectivity index (χ1) is 8.61. The van der Waals surface area contributed by atoms with E-state index in [9.17, 15) is 9.59 Å². The van der Waals surface area contributed by atoms with Gasteiger partial charge in [0.05, 0.1) is 6.61 Å². The highest BCUT2D eigenvalue weighted by atomic mass is 16.5. The van der Waals surface area contributed by atoms with Gasteiger partial charge in [0.25, 0.3) is 0 Å². The first kappa shape index (κ1) is 16.7. The lowest BCUT2D eigenvalue weighted by Gasteiger charge is -2.22. The zero-order valence-electron chi connectivity index (χ0n) is 11.6. The van der Waals surface area contributed by atoms with Crippen LogP contribution in [0.4, 0.5) is 4.79 Å². The normalized spacial score (nSPS) is 10.1. The van der Waals surface area contributed by atoms with Crippen molar-refractivity contribution in [3.8, 4) is 0 Å². The first-order valence-electron chi connectivity index (χ1n) is 6.81. The largest absolute Gasteiger partial charge is 0.450 e. The fourth-order valence-corrected chi connectivity index (χ4v) is 1.61. The number of amides is 2. The summed E-state index contributed by atoms with van der Waals surface area (Å²) in [5, 5.41) is 0. The Bertz CT molecular complexity index is 236. The summed E-state index contributed by atoms with van der Waals surface area (Å²) in [6.45, 7) is 6.10. The maximum absolute atomic E-state index is 12.0. The SMILES string of the molecule is CCCCN(CCCC)C(=O)CCCOC(N)=O. The number of carbonyl (C=O) groups excluding carboxylic acids is 2. The standard InChI is InChI=1S/C13H26N2O3/c1-3-5-9-15(10-6-4-2)12(16)8-7-11-18-13(14)17/h3-11H2,1-2H3,(H2,14,17). The van der Waals surface area contributed by atoms with Gasteiger partial charge in [-0.3, -0.25) is 4.79 Å². The van der Waals surface area contributed by atoms with E-state index < -0.39 is 6.09 Å². The zero-order valence-corrected chi connectivity index (χ0v) is 11.6. The van der Waals surface area contributed by atoms with Crippen molar-refractivity contribution in [2.75, 3.05) is 19.7 Å². The third-order valence-corrected chi connectivity index (χ3v) is 2.70. The van der Waals surface area contributed by atoms with Crippen molar-refractivity contribution >= 4 is 12.0 Å². The summed E-state index contributed by atoms with van der Waals surface area (Å²) in [4.78, 5) is 24.2. The van der Waals surface area contributed by atoms with Gasteiger partial charge in [-0.2, -0.15) is 0 Å². The minimum absolute atomic E-state index is 0.143. The number of nitrogens with two attached hydrogens (primary N) is 1. The Hall–Kier alpha value is -1.26. The van der Waals surface area contributed by atoms with Gasteiger partial charge in [-0.15, -0.1) is 0 Å². The molecule has 0 saturated carbocycles. The van der Waals surface area contributed by atoms with Crippen molar-refractivity contribution in [2.45, 2.75) is 52.4 Å². The predicted octanol–water partition coefficient (Wildman–Crippen LogP) is 2.29. The summed E-state index contributed by atoms with van der Waals surface area (Å²) in [5.74, 6) is 0.143. The molecule has 2 amide bonds. The van der Waals surface area contributed by atoms with Crippen molar-refractivity contribution in [3.05, 3.63) is 0 Å². The molecule has 106 valence electrons. The van der Waals surface area contributed by atoms with Crippen molar-refractivity contribution < 1.29 is 14.3 Å². The molecule has 0 aromatic heterocycles. The molecule has 18 heavy (non-hydrogen) atoms. The molecule has 0 aromatic rings. The number of carbonyl (C=O) groups is 2. The smallest absolute Gasteiger partial charge is 0.404 e. The lowest BCUT2D eigenvalue weighted by atomic mass is 10.2. The van der Waals surface area contributed by atoms with Gasteiger partial charge in [-0.05, 0) is 19.3 Å². The second-order valence-corrected chi connectivity index (χ2v) is 4.36. The van der Waals surface area contributed by atoms with Crippen LogP contribution in [0.3, 0.4) is 0 Å². The fourth-order valence-electron chi connectivity index (χ4n) is 1.61. The maximum Gasteiger partial charge on any atom is 0.404 e. The Kier molecular flexibility index (Phi) is 10.1. The summed E-state index contributed by atoms with van der Waals surface area (Å²) < 4.78 is 4.60. The van der Waals surface area contributed by atoms with Gasteiger partial charge in [0.2, 0.25) is 5.91 Å². The van der Waals surface area contributed by atoms with E-state index in [0.717, 1.165) is 38.8 Å². The van der Waals surface area contributed by atoms with Gasteiger partial charge in [-0.1, -0.05) is 26.7 Å². The molecule has 0 aliphatic heterocycles. The second kappa shape index (κ2) is 10.9. The summed E-state index contributed by atoms with van der Waals surface area (Å²) in [5.41, 5.74) is 4.84. The molecule has 5 nitrogen and oxygen atoms in total. The molecule has 0 aliphatic carbocycles. The number of rotatable bonds is 10. The first-order valence-corrected chi connectivity index (χ1v) is 6.81. The summed E-state index contributed by atoms with van der Waals surface area (Å²) >= 11 is 0. The van der Waals surface area contributed by atoms with Crippen LogP contribution in [0.15, 0.2) is 0 Å². The van der Waals surface area contributed by atoms with Gasteiger partial charge in [0, 0.05) is 19.5 Å². The van der Waals surface area contributed by atoms with Crippen molar-refractivity contribution in [1.29, 1.82) is 0 Å². The van der Waals surface area contributed by atoms with Crippen LogP contribution < -0.4 is 5.73 Å². The second-order valence-electron chi connectivity index (χ2n) is 4.36. The fraction of sp³-hybridized carbons (Fsp3) is 0.846. The highest BCUT2D eigenvalue weighted by Gasteiger charge is 2.12. The zero-order chi connectivity index (χ0) is 13.8. The molecule has 0 bridgehead atoms. The molecule has 0 radical (unpaired) electrons. The van der Waals surface area contributed by atoms with Gasteiger partial charge >= 0.3 is 6.09 Å². The molecule has 0 spiro atoms. The van der Waals surface area contributed by atoms with Crippen LogP contribution in [-0.2, 0) is 9.53 Å². The van der Waals surface area contributed by atoms with E-state index in [-0.39, 0.29) is 12.5 Å². The Morgan fingerprint density at radius 3 is 2.06 bits per heavy atom. The Morgan fingerprint density at radius 2 is 1.61 bits per heavy atom. The van der Waals surface area contributed by atoms with Crippen molar-refractivity contribution in [1.82, 2.24) is 4.90 Å². The minimum atomic E-state index is -0.781. The molecule has 5 heteroatoms. The van der Waals surface area contributed by atoms with Crippen LogP contribution in [0.2, 0.25) is 0 Å². The quantitative estimate of drug-likeness (QED) is 0.611. The third kappa shape index (κ3) is 8.84. The van der Waals surface area contributed by atoms with Gasteiger partial charge in [-0.25, -0.2) is 4.79 Å². The molecule has 0 atom stereocenters. The summed E-state index contributed by atoms with van der Waals surface area (Å²) in [6.07, 6.45) is 4.41. The third-order valence-electron chi connectivity index (χ3n) is 2.70. The Balaban J connectivity index is 3.91. The van der Waals surface area contributed by atoms with Crippen LogP contribution in [-0.4, -0.2) is 36.6 Å². The van der Waals surface area contributed by atoms with Crippen LogP contribution in [0.1, 0.15) is 52.4 Å². The average molecular weight is 258 g/mol. The van der Waals surface area contributed by atoms with Crippen LogP contribution in [0.25, 0.3) is 0 Å². The van der Waals surface area contributed by atoms with E-state index in [1.165, 1.54) is 0 Å². The van der Waals surface area contributed by atoms with E-state index in [0.29, 0.717) is 12.8 Å². The van der Waals surface area contributed by atoms with Crippen molar-refractivity contribution in [3.63, 3.8) is 0 Å². The number of unbranched alkanes of at least 4 members (excludes halogenated alkanes) is 2. The molecule has 2 N–H and O–H groups in total. The number of hydrogen-bond acceptors (Lipinski definition) is 3. The molecule has 0 aliphatic rings. The highest BCUT2D eigenvalue weighted by Crippen LogP contribution is 2.04. The molecule has 0 unspecified atom stereocenters. The predicted molar refractivity (Wildman–Crippen MR) is 71.2 cm³/mol. The minimum Gasteiger partial charge on any atom is -0.450 e. The molecular formula is C13H26N2O3.